The summed E-state index contributed by atoms with van der Waals surface area (Å²) in [5.74, 6) is 0.872. The molecule has 0 bridgehead atoms. The predicted octanol–water partition coefficient (Wildman–Crippen LogP) is 2.48. The summed E-state index contributed by atoms with van der Waals surface area (Å²) < 4.78 is 5.81. The van der Waals surface area contributed by atoms with E-state index in [-0.39, 0.29) is 17.9 Å². The van der Waals surface area contributed by atoms with Gasteiger partial charge in [0, 0.05) is 17.4 Å². The third-order valence-corrected chi connectivity index (χ3v) is 3.51. The molecule has 2 aromatic rings. The molecule has 0 spiro atoms. The Balaban J connectivity index is 1.63. The molecule has 3 rings (SSSR count). The van der Waals surface area contributed by atoms with E-state index in [0.29, 0.717) is 19.0 Å². The summed E-state index contributed by atoms with van der Waals surface area (Å²) in [5.41, 5.74) is 0.930. The molecule has 20 heavy (non-hydrogen) atoms. The van der Waals surface area contributed by atoms with Crippen molar-refractivity contribution < 1.29 is 9.53 Å². The Bertz CT molecular complexity index is 633. The van der Waals surface area contributed by atoms with Crippen LogP contribution in [0, 0.1) is 5.92 Å². The zero-order chi connectivity index (χ0) is 14.1. The maximum absolute atomic E-state index is 11.8. The predicted molar refractivity (Wildman–Crippen MR) is 77.6 cm³/mol. The number of nitrogens with zero attached hydrogens (tertiary/aromatic N) is 2. The van der Waals surface area contributed by atoms with E-state index in [1.54, 1.807) is 0 Å². The largest absolute Gasteiger partial charge is 0.471 e. The normalized spacial score (nSPS) is 15.4. The average molecular weight is 270 g/mol. The van der Waals surface area contributed by atoms with Crippen molar-refractivity contribution in [2.75, 3.05) is 13.1 Å². The number of pyridine rings is 1. The topological polar surface area (TPSA) is 42.4 Å². The maximum Gasteiger partial charge on any atom is 0.225 e. The van der Waals surface area contributed by atoms with Crippen LogP contribution in [0.4, 0.5) is 0 Å². The van der Waals surface area contributed by atoms with Gasteiger partial charge >= 0.3 is 0 Å². The van der Waals surface area contributed by atoms with Crippen LogP contribution in [0.25, 0.3) is 10.9 Å². The smallest absolute Gasteiger partial charge is 0.225 e. The molecule has 0 atom stereocenters. The molecular formula is C16H18N2O2. The van der Waals surface area contributed by atoms with E-state index in [0.717, 1.165) is 10.9 Å². The second kappa shape index (κ2) is 5.12. The standard InChI is InChI=1S/C16H18N2O2/c1-11(2)16(19)18-9-13(10-18)20-15-8-7-12-5-3-4-6-14(12)17-15/h3-8,11,13H,9-10H2,1-2H3. The molecule has 0 N–H and O–H groups in total. The van der Waals surface area contributed by atoms with Crippen LogP contribution in [0.5, 0.6) is 5.88 Å². The lowest BCUT2D eigenvalue weighted by Gasteiger charge is -2.39. The Morgan fingerprint density at radius 2 is 2.00 bits per heavy atom. The summed E-state index contributed by atoms with van der Waals surface area (Å²) >= 11 is 0. The number of carbonyl (C=O) groups excluding carboxylic acids is 1. The number of ether oxygens (including phenoxy) is 1. The van der Waals surface area contributed by atoms with E-state index in [2.05, 4.69) is 4.98 Å². The lowest BCUT2D eigenvalue weighted by Crippen LogP contribution is -2.57. The number of fused-ring (bicyclic) bond motifs is 1. The highest BCUT2D eigenvalue weighted by atomic mass is 16.5. The van der Waals surface area contributed by atoms with E-state index in [4.69, 9.17) is 4.74 Å². The van der Waals surface area contributed by atoms with Crippen LogP contribution in [0.1, 0.15) is 13.8 Å². The Morgan fingerprint density at radius 3 is 2.75 bits per heavy atom. The van der Waals surface area contributed by atoms with Gasteiger partial charge in [0.25, 0.3) is 0 Å². The number of carbonyl (C=O) groups is 1. The Hall–Kier alpha value is -2.10. The lowest BCUT2D eigenvalue weighted by atomic mass is 10.1. The molecular weight excluding hydrogens is 252 g/mol. The molecule has 0 saturated carbocycles. The third kappa shape index (κ3) is 2.46. The van der Waals surface area contributed by atoms with E-state index >= 15 is 0 Å². The van der Waals surface area contributed by atoms with E-state index in [9.17, 15) is 4.79 Å². The fraction of sp³-hybridized carbons (Fsp3) is 0.375. The van der Waals surface area contributed by atoms with Crippen LogP contribution >= 0.6 is 0 Å². The van der Waals surface area contributed by atoms with Crippen molar-refractivity contribution in [2.45, 2.75) is 20.0 Å². The van der Waals surface area contributed by atoms with Gasteiger partial charge in [-0.2, -0.15) is 0 Å². The minimum Gasteiger partial charge on any atom is -0.471 e. The van der Waals surface area contributed by atoms with Crippen molar-refractivity contribution in [3.63, 3.8) is 0 Å². The van der Waals surface area contributed by atoms with E-state index in [1.165, 1.54) is 0 Å². The number of benzene rings is 1. The monoisotopic (exact) mass is 270 g/mol. The van der Waals surface area contributed by atoms with Crippen molar-refractivity contribution in [2.24, 2.45) is 5.92 Å². The van der Waals surface area contributed by atoms with Crippen LogP contribution in [0.2, 0.25) is 0 Å². The summed E-state index contributed by atoms with van der Waals surface area (Å²) in [7, 11) is 0. The minimum absolute atomic E-state index is 0.0507. The van der Waals surface area contributed by atoms with Crippen LogP contribution in [0.3, 0.4) is 0 Å². The average Bonchev–Trinajstić information content (AvgIpc) is 2.41. The summed E-state index contributed by atoms with van der Waals surface area (Å²) in [4.78, 5) is 18.1. The molecule has 0 unspecified atom stereocenters. The molecule has 1 aliphatic rings. The summed E-state index contributed by atoms with van der Waals surface area (Å²) in [5, 5.41) is 1.10. The van der Waals surface area contributed by atoms with Crippen molar-refractivity contribution in [1.82, 2.24) is 9.88 Å². The van der Waals surface area contributed by atoms with Gasteiger partial charge in [-0.05, 0) is 12.1 Å². The molecule has 4 heteroatoms. The highest BCUT2D eigenvalue weighted by Gasteiger charge is 2.33. The number of hydrogen-bond acceptors (Lipinski definition) is 3. The number of rotatable bonds is 3. The third-order valence-electron chi connectivity index (χ3n) is 3.51. The van der Waals surface area contributed by atoms with Crippen LogP contribution in [0.15, 0.2) is 36.4 Å². The van der Waals surface area contributed by atoms with Crippen molar-refractivity contribution in [1.29, 1.82) is 0 Å². The summed E-state index contributed by atoms with van der Waals surface area (Å²) in [6, 6.07) is 11.8. The first-order chi connectivity index (χ1) is 9.63. The van der Waals surface area contributed by atoms with Gasteiger partial charge in [0.05, 0.1) is 18.6 Å². The maximum atomic E-state index is 11.8. The van der Waals surface area contributed by atoms with Gasteiger partial charge in [-0.15, -0.1) is 0 Å². The molecule has 0 aliphatic carbocycles. The Morgan fingerprint density at radius 1 is 1.25 bits per heavy atom. The van der Waals surface area contributed by atoms with Gasteiger partial charge in [-0.3, -0.25) is 4.79 Å². The van der Waals surface area contributed by atoms with Gasteiger partial charge in [0.1, 0.15) is 6.10 Å². The molecule has 2 heterocycles. The molecule has 1 aliphatic heterocycles. The SMILES string of the molecule is CC(C)C(=O)N1CC(Oc2ccc3ccccc3n2)C1. The van der Waals surface area contributed by atoms with Crippen LogP contribution in [-0.4, -0.2) is 35.0 Å². The molecule has 1 aromatic heterocycles. The summed E-state index contributed by atoms with van der Waals surface area (Å²) in [6.07, 6.45) is 0.0614. The highest BCUT2D eigenvalue weighted by molar-refractivity contribution is 5.79. The van der Waals surface area contributed by atoms with Crippen molar-refractivity contribution in [3.05, 3.63) is 36.4 Å². The van der Waals surface area contributed by atoms with Gasteiger partial charge in [0.15, 0.2) is 0 Å². The fourth-order valence-electron chi connectivity index (χ4n) is 2.34. The number of amides is 1. The fourth-order valence-corrected chi connectivity index (χ4v) is 2.34. The first-order valence-electron chi connectivity index (χ1n) is 6.95. The molecule has 1 amide bonds. The number of hydrogen-bond donors (Lipinski definition) is 0. The number of likely N-dealkylation sites (tertiary alicyclic amines) is 1. The molecule has 1 fully saturated rings. The first kappa shape index (κ1) is 12.9. The second-order valence-corrected chi connectivity index (χ2v) is 5.48. The van der Waals surface area contributed by atoms with Crippen LogP contribution < -0.4 is 4.74 Å². The number of para-hydroxylation sites is 1. The van der Waals surface area contributed by atoms with Crippen molar-refractivity contribution in [3.8, 4) is 5.88 Å². The zero-order valence-electron chi connectivity index (χ0n) is 11.7. The molecule has 4 nitrogen and oxygen atoms in total. The van der Waals surface area contributed by atoms with Gasteiger partial charge in [-0.1, -0.05) is 32.0 Å². The Labute approximate surface area is 118 Å². The van der Waals surface area contributed by atoms with Gasteiger partial charge in [-0.25, -0.2) is 4.98 Å². The quantitative estimate of drug-likeness (QED) is 0.860. The van der Waals surface area contributed by atoms with Gasteiger partial charge in [0.2, 0.25) is 11.8 Å². The van der Waals surface area contributed by atoms with Crippen LogP contribution in [-0.2, 0) is 4.79 Å². The lowest BCUT2D eigenvalue weighted by molar-refractivity contribution is -0.143. The molecule has 0 radical (unpaired) electrons. The van der Waals surface area contributed by atoms with Crippen molar-refractivity contribution >= 4 is 16.8 Å². The summed E-state index contributed by atoms with van der Waals surface area (Å²) in [6.45, 7) is 5.15. The molecule has 104 valence electrons. The first-order valence-corrected chi connectivity index (χ1v) is 6.95. The molecule has 1 aromatic carbocycles. The van der Waals surface area contributed by atoms with E-state index in [1.807, 2.05) is 55.1 Å². The Kier molecular flexibility index (Phi) is 3.30. The molecule has 1 saturated heterocycles. The van der Waals surface area contributed by atoms with Gasteiger partial charge < -0.3 is 9.64 Å². The second-order valence-electron chi connectivity index (χ2n) is 5.48. The zero-order valence-corrected chi connectivity index (χ0v) is 11.7. The highest BCUT2D eigenvalue weighted by Crippen LogP contribution is 2.21. The number of aromatic nitrogens is 1. The van der Waals surface area contributed by atoms with E-state index < -0.39 is 0 Å². The minimum atomic E-state index is 0.0507.